The zero-order valence-electron chi connectivity index (χ0n) is 17.3. The second-order valence-electron chi connectivity index (χ2n) is 7.03. The minimum absolute atomic E-state index is 0.00627. The maximum absolute atomic E-state index is 11.4. The van der Waals surface area contributed by atoms with Crippen LogP contribution in [0.3, 0.4) is 0 Å². The average Bonchev–Trinajstić information content (AvgIpc) is 3.20. The average molecular weight is 477 g/mol. The summed E-state index contributed by atoms with van der Waals surface area (Å²) < 4.78 is 18.1. The summed E-state index contributed by atoms with van der Waals surface area (Å²) in [5, 5.41) is 21.4. The van der Waals surface area contributed by atoms with Crippen LogP contribution in [0, 0.1) is 10.1 Å². The number of hydrogen-bond acceptors (Lipinski definition) is 8. The molecule has 2 heterocycles. The number of nitro groups is 1. The molecule has 168 valence electrons. The molecule has 1 aliphatic rings. The lowest BCUT2D eigenvalue weighted by Crippen LogP contribution is -2.13. The van der Waals surface area contributed by atoms with Crippen molar-refractivity contribution in [2.45, 2.75) is 30.5 Å². The van der Waals surface area contributed by atoms with Crippen molar-refractivity contribution in [1.82, 2.24) is 14.8 Å². The van der Waals surface area contributed by atoms with E-state index in [1.54, 1.807) is 7.11 Å². The summed E-state index contributed by atoms with van der Waals surface area (Å²) in [6.45, 7) is 1.63. The van der Waals surface area contributed by atoms with E-state index in [0.717, 1.165) is 12.0 Å². The molecule has 0 atom stereocenters. The van der Waals surface area contributed by atoms with Gasteiger partial charge < -0.3 is 18.8 Å². The molecule has 3 aromatic rings. The Morgan fingerprint density at radius 1 is 1.31 bits per heavy atom. The van der Waals surface area contributed by atoms with Crippen molar-refractivity contribution in [2.75, 3.05) is 20.5 Å². The van der Waals surface area contributed by atoms with Crippen LogP contribution >= 0.6 is 23.4 Å². The molecule has 0 amide bonds. The second-order valence-corrected chi connectivity index (χ2v) is 8.38. The Balaban J connectivity index is 1.64. The Hall–Kier alpha value is -2.66. The van der Waals surface area contributed by atoms with Gasteiger partial charge in [-0.15, -0.1) is 10.2 Å². The first kappa shape index (κ1) is 22.5. The molecule has 11 heteroatoms. The number of ether oxygens (including phenoxy) is 3. The maximum atomic E-state index is 11.4. The molecule has 32 heavy (non-hydrogen) atoms. The molecular weight excluding hydrogens is 456 g/mol. The topological polar surface area (TPSA) is 102 Å². The van der Waals surface area contributed by atoms with E-state index in [4.69, 9.17) is 25.8 Å². The highest BCUT2D eigenvalue weighted by Crippen LogP contribution is 2.37. The zero-order chi connectivity index (χ0) is 22.5. The highest BCUT2D eigenvalue weighted by Gasteiger charge is 2.22. The molecular formula is C21H21ClN4O5S. The smallest absolute Gasteiger partial charge is 0.270 e. The maximum Gasteiger partial charge on any atom is 0.270 e. The first-order valence-corrected chi connectivity index (χ1v) is 11.3. The van der Waals surface area contributed by atoms with Crippen molar-refractivity contribution in [2.24, 2.45) is 0 Å². The van der Waals surface area contributed by atoms with Crippen molar-refractivity contribution in [3.8, 4) is 17.1 Å². The van der Waals surface area contributed by atoms with E-state index < -0.39 is 4.92 Å². The van der Waals surface area contributed by atoms with Gasteiger partial charge in [-0.05, 0) is 18.6 Å². The number of methoxy groups -OCH3 is 1. The molecule has 0 radical (unpaired) electrons. The SMILES string of the molecule is COCCCn1c(SCc2cc([N+](=O)[O-])cc3c2OCOC3)nnc1-c1ccccc1Cl. The number of halogens is 1. The van der Waals surface area contributed by atoms with Gasteiger partial charge in [-0.3, -0.25) is 10.1 Å². The number of non-ortho nitro benzene ring substituents is 1. The van der Waals surface area contributed by atoms with E-state index in [1.165, 1.54) is 23.9 Å². The monoisotopic (exact) mass is 476 g/mol. The van der Waals surface area contributed by atoms with Gasteiger partial charge in [0.2, 0.25) is 0 Å². The van der Waals surface area contributed by atoms with Crippen LogP contribution in [0.4, 0.5) is 5.69 Å². The molecule has 1 aliphatic heterocycles. The van der Waals surface area contributed by atoms with Crippen molar-refractivity contribution in [3.05, 3.63) is 62.7 Å². The number of nitrogens with zero attached hydrogens (tertiary/aromatic N) is 4. The third-order valence-electron chi connectivity index (χ3n) is 4.90. The number of nitro benzene ring substituents is 1. The molecule has 0 bridgehead atoms. The molecule has 0 aliphatic carbocycles. The first-order valence-electron chi connectivity index (χ1n) is 9.89. The number of hydrogen-bond donors (Lipinski definition) is 0. The molecule has 4 rings (SSSR count). The van der Waals surface area contributed by atoms with Gasteiger partial charge in [0, 0.05) is 54.8 Å². The molecule has 0 saturated carbocycles. The van der Waals surface area contributed by atoms with Gasteiger partial charge in [0.1, 0.15) is 5.75 Å². The van der Waals surface area contributed by atoms with Crippen LogP contribution in [0.2, 0.25) is 5.02 Å². The standard InChI is InChI=1S/C21H21ClN4O5S/c1-29-8-4-7-25-20(17-5-2-3-6-18(17)22)23-24-21(25)32-12-15-10-16(26(27)28)9-14-11-30-13-31-19(14)15/h2-3,5-6,9-10H,4,7-8,11-13H2,1H3. The Morgan fingerprint density at radius 3 is 2.94 bits per heavy atom. The van der Waals surface area contributed by atoms with Crippen molar-refractivity contribution < 1.29 is 19.1 Å². The molecule has 0 N–H and O–H groups in total. The summed E-state index contributed by atoms with van der Waals surface area (Å²) >= 11 is 7.83. The third-order valence-corrected chi connectivity index (χ3v) is 6.25. The van der Waals surface area contributed by atoms with Gasteiger partial charge in [0.05, 0.1) is 16.6 Å². The summed E-state index contributed by atoms with van der Waals surface area (Å²) in [5.41, 5.74) is 2.18. The van der Waals surface area contributed by atoms with E-state index in [-0.39, 0.29) is 19.1 Å². The zero-order valence-corrected chi connectivity index (χ0v) is 18.9. The Labute approximate surface area is 193 Å². The van der Waals surface area contributed by atoms with Crippen LogP contribution in [0.25, 0.3) is 11.4 Å². The summed E-state index contributed by atoms with van der Waals surface area (Å²) in [6, 6.07) is 10.5. The lowest BCUT2D eigenvalue weighted by Gasteiger charge is -2.20. The fourth-order valence-electron chi connectivity index (χ4n) is 3.44. The van der Waals surface area contributed by atoms with Crippen molar-refractivity contribution >= 4 is 29.1 Å². The van der Waals surface area contributed by atoms with Crippen LogP contribution in [0.15, 0.2) is 41.6 Å². The van der Waals surface area contributed by atoms with E-state index in [2.05, 4.69) is 10.2 Å². The van der Waals surface area contributed by atoms with Gasteiger partial charge in [-0.25, -0.2) is 0 Å². The quantitative estimate of drug-likeness (QED) is 0.189. The normalized spacial score (nSPS) is 12.9. The lowest BCUT2D eigenvalue weighted by atomic mass is 10.1. The van der Waals surface area contributed by atoms with E-state index in [9.17, 15) is 10.1 Å². The van der Waals surface area contributed by atoms with E-state index in [1.807, 2.05) is 28.8 Å². The number of fused-ring (bicyclic) bond motifs is 1. The van der Waals surface area contributed by atoms with Gasteiger partial charge in [0.15, 0.2) is 17.8 Å². The van der Waals surface area contributed by atoms with Crippen LogP contribution in [0.5, 0.6) is 5.75 Å². The third kappa shape index (κ3) is 4.88. The Bertz CT molecular complexity index is 1120. The largest absolute Gasteiger partial charge is 0.467 e. The minimum Gasteiger partial charge on any atom is -0.467 e. The number of rotatable bonds is 9. The Morgan fingerprint density at radius 2 is 2.16 bits per heavy atom. The summed E-state index contributed by atoms with van der Waals surface area (Å²) in [5.74, 6) is 1.72. The summed E-state index contributed by atoms with van der Waals surface area (Å²) in [6.07, 6.45) is 0.770. The number of aromatic nitrogens is 3. The molecule has 0 saturated heterocycles. The predicted molar refractivity (Wildman–Crippen MR) is 120 cm³/mol. The molecule has 1 aromatic heterocycles. The van der Waals surface area contributed by atoms with Crippen LogP contribution in [-0.4, -0.2) is 40.2 Å². The molecule has 2 aromatic carbocycles. The highest BCUT2D eigenvalue weighted by molar-refractivity contribution is 7.98. The van der Waals surface area contributed by atoms with Crippen molar-refractivity contribution in [3.63, 3.8) is 0 Å². The van der Waals surface area contributed by atoms with E-state index in [0.29, 0.717) is 51.8 Å². The molecule has 9 nitrogen and oxygen atoms in total. The van der Waals surface area contributed by atoms with Gasteiger partial charge in [-0.1, -0.05) is 35.5 Å². The molecule has 0 spiro atoms. The Kier molecular flexibility index (Phi) is 7.26. The summed E-state index contributed by atoms with van der Waals surface area (Å²) in [7, 11) is 1.66. The lowest BCUT2D eigenvalue weighted by molar-refractivity contribution is -0.385. The highest BCUT2D eigenvalue weighted by atomic mass is 35.5. The predicted octanol–water partition coefficient (Wildman–Crippen LogP) is 4.70. The fraction of sp³-hybridized carbons (Fsp3) is 0.333. The second kappa shape index (κ2) is 10.3. The minimum atomic E-state index is -0.411. The summed E-state index contributed by atoms with van der Waals surface area (Å²) in [4.78, 5) is 11.0. The van der Waals surface area contributed by atoms with Crippen LogP contribution in [0.1, 0.15) is 17.5 Å². The molecule has 0 unspecified atom stereocenters. The van der Waals surface area contributed by atoms with Gasteiger partial charge in [-0.2, -0.15) is 0 Å². The first-order chi connectivity index (χ1) is 15.6. The van der Waals surface area contributed by atoms with Crippen LogP contribution < -0.4 is 4.74 Å². The number of thioether (sulfide) groups is 1. The molecule has 0 fully saturated rings. The van der Waals surface area contributed by atoms with Gasteiger partial charge >= 0.3 is 0 Å². The van der Waals surface area contributed by atoms with E-state index >= 15 is 0 Å². The van der Waals surface area contributed by atoms with Gasteiger partial charge in [0.25, 0.3) is 5.69 Å². The van der Waals surface area contributed by atoms with Crippen LogP contribution in [-0.2, 0) is 28.4 Å². The number of benzene rings is 2. The fourth-order valence-corrected chi connectivity index (χ4v) is 4.59. The van der Waals surface area contributed by atoms with Crippen molar-refractivity contribution in [1.29, 1.82) is 0 Å².